The second kappa shape index (κ2) is 6.40. The first-order chi connectivity index (χ1) is 11.9. The third-order valence-electron chi connectivity index (χ3n) is 3.61. The molecule has 2 heterocycles. The molecule has 0 amide bonds. The van der Waals surface area contributed by atoms with Gasteiger partial charge in [-0.15, -0.1) is 0 Å². The maximum atomic E-state index is 13.3. The average molecular weight is 360 g/mol. The lowest BCUT2D eigenvalue weighted by atomic mass is 10.0. The van der Waals surface area contributed by atoms with Gasteiger partial charge >= 0.3 is 0 Å². The Labute approximate surface area is 147 Å². The minimum atomic E-state index is -0.366. The highest BCUT2D eigenvalue weighted by molar-refractivity contribution is 6.29. The van der Waals surface area contributed by atoms with Crippen molar-refractivity contribution >= 4 is 17.5 Å². The maximum absolute atomic E-state index is 13.3. The van der Waals surface area contributed by atoms with Crippen molar-refractivity contribution in [1.29, 1.82) is 0 Å². The minimum absolute atomic E-state index is 0.00384. The van der Waals surface area contributed by atoms with E-state index in [4.69, 9.17) is 29.0 Å². The van der Waals surface area contributed by atoms with Gasteiger partial charge in [0.1, 0.15) is 11.0 Å². The summed E-state index contributed by atoms with van der Waals surface area (Å²) in [6, 6.07) is 9.24. The molecule has 0 aliphatic carbocycles. The van der Waals surface area contributed by atoms with Crippen LogP contribution in [0.3, 0.4) is 0 Å². The third-order valence-corrected chi connectivity index (χ3v) is 3.81. The van der Waals surface area contributed by atoms with E-state index >= 15 is 0 Å². The van der Waals surface area contributed by atoms with Gasteiger partial charge < -0.3 is 17.4 Å². The van der Waals surface area contributed by atoms with E-state index in [1.807, 2.05) is 0 Å². The van der Waals surface area contributed by atoms with E-state index in [2.05, 4.69) is 15.1 Å². The summed E-state index contributed by atoms with van der Waals surface area (Å²) in [5.74, 6) is 11.1. The van der Waals surface area contributed by atoms with Gasteiger partial charge in [0.25, 0.3) is 0 Å². The van der Waals surface area contributed by atoms with Gasteiger partial charge in [-0.05, 0) is 48.9 Å². The van der Waals surface area contributed by atoms with Gasteiger partial charge in [0, 0.05) is 11.3 Å². The predicted octanol–water partition coefficient (Wildman–Crippen LogP) is 1.78. The van der Waals surface area contributed by atoms with Gasteiger partial charge in [0.05, 0.1) is 11.3 Å². The highest BCUT2D eigenvalue weighted by atomic mass is 35.5. The summed E-state index contributed by atoms with van der Waals surface area (Å²) in [5.41, 5.74) is 9.01. The number of hydrogen-bond acceptors (Lipinski definition) is 6. The smallest absolute Gasteiger partial charge is 0.221 e. The first-order valence-corrected chi connectivity index (χ1v) is 7.60. The fraction of sp³-hybridized carbons (Fsp3) is 0.0625. The van der Waals surface area contributed by atoms with Gasteiger partial charge in [-0.3, -0.25) is 0 Å². The van der Waals surface area contributed by atoms with E-state index in [0.29, 0.717) is 33.2 Å². The van der Waals surface area contributed by atoms with Crippen LogP contribution in [-0.4, -0.2) is 14.6 Å². The molecule has 0 fully saturated rings. The van der Waals surface area contributed by atoms with Crippen molar-refractivity contribution in [3.8, 4) is 22.4 Å². The highest BCUT2D eigenvalue weighted by Gasteiger charge is 2.17. The molecule has 0 saturated heterocycles. The van der Waals surface area contributed by atoms with E-state index in [0.717, 1.165) is 4.68 Å². The molecule has 9 heteroatoms. The average Bonchev–Trinajstić information content (AvgIpc) is 2.56. The van der Waals surface area contributed by atoms with Gasteiger partial charge in [-0.25, -0.2) is 19.0 Å². The zero-order valence-corrected chi connectivity index (χ0v) is 14.0. The highest BCUT2D eigenvalue weighted by Crippen LogP contribution is 2.30. The molecule has 25 heavy (non-hydrogen) atoms. The summed E-state index contributed by atoms with van der Waals surface area (Å²) in [7, 11) is 0. The van der Waals surface area contributed by atoms with Crippen LogP contribution in [0.2, 0.25) is 5.15 Å². The van der Waals surface area contributed by atoms with Crippen LogP contribution in [0.25, 0.3) is 22.4 Å². The fourth-order valence-electron chi connectivity index (χ4n) is 2.54. The molecule has 2 aromatic heterocycles. The number of rotatable bonds is 2. The summed E-state index contributed by atoms with van der Waals surface area (Å²) in [4.78, 5) is 8.47. The number of anilines is 1. The molecule has 0 radical (unpaired) electrons. The standard InChI is InChI=1S/C16H15ClFN7/c1-8-6-10(7-12(17)22-8)13-14(9-2-4-11(18)5-3-9)23-16(19)25(21)15(13)24-20/h2-7H,20-21H2,1H3,(H2,19,23)/b24-15-. The van der Waals surface area contributed by atoms with E-state index in [1.165, 1.54) is 12.1 Å². The van der Waals surface area contributed by atoms with Crippen LogP contribution in [-0.2, 0) is 0 Å². The van der Waals surface area contributed by atoms with Gasteiger partial charge in [0.2, 0.25) is 5.95 Å². The number of hydrogen-bond donors (Lipinski definition) is 3. The van der Waals surface area contributed by atoms with Crippen LogP contribution in [0.1, 0.15) is 5.69 Å². The van der Waals surface area contributed by atoms with Crippen molar-refractivity contribution in [1.82, 2.24) is 14.6 Å². The van der Waals surface area contributed by atoms with Crippen molar-refractivity contribution in [2.45, 2.75) is 6.92 Å². The third kappa shape index (κ3) is 3.11. The minimum Gasteiger partial charge on any atom is -0.368 e. The van der Waals surface area contributed by atoms with Crippen LogP contribution < -0.4 is 22.9 Å². The second-order valence-corrected chi connectivity index (χ2v) is 5.73. The molecule has 6 N–H and O–H groups in total. The summed E-state index contributed by atoms with van der Waals surface area (Å²) in [5, 5.41) is 4.05. The number of nitrogen functional groups attached to an aromatic ring is 2. The fourth-order valence-corrected chi connectivity index (χ4v) is 2.79. The van der Waals surface area contributed by atoms with Gasteiger partial charge in [-0.2, -0.15) is 5.10 Å². The molecule has 3 rings (SSSR count). The molecule has 7 nitrogen and oxygen atoms in total. The summed E-state index contributed by atoms with van der Waals surface area (Å²) in [6.45, 7) is 1.80. The van der Waals surface area contributed by atoms with Crippen molar-refractivity contribution in [2.24, 2.45) is 10.9 Å². The molecule has 0 aliphatic heterocycles. The van der Waals surface area contributed by atoms with E-state index < -0.39 is 0 Å². The summed E-state index contributed by atoms with van der Waals surface area (Å²) >= 11 is 6.08. The Morgan fingerprint density at radius 3 is 2.40 bits per heavy atom. The van der Waals surface area contributed by atoms with Crippen LogP contribution in [0.5, 0.6) is 0 Å². The molecule has 1 aromatic carbocycles. The molecule has 0 unspecified atom stereocenters. The van der Waals surface area contributed by atoms with E-state index in [-0.39, 0.29) is 17.3 Å². The lowest BCUT2D eigenvalue weighted by Gasteiger charge is -2.15. The SMILES string of the molecule is Cc1cc(-c2c(-c3ccc(F)cc3)nc(N)n(N)/c2=N\N)cc(Cl)n1. The van der Waals surface area contributed by atoms with Gasteiger partial charge in [-0.1, -0.05) is 11.6 Å². The first kappa shape index (κ1) is 16.7. The lowest BCUT2D eigenvalue weighted by molar-refractivity contribution is 0.628. The number of aryl methyl sites for hydroxylation is 1. The Bertz CT molecular complexity index is 992. The second-order valence-electron chi connectivity index (χ2n) is 5.34. The Morgan fingerprint density at radius 1 is 1.12 bits per heavy atom. The van der Waals surface area contributed by atoms with Crippen LogP contribution >= 0.6 is 11.6 Å². The zero-order valence-electron chi connectivity index (χ0n) is 13.2. The Balaban J connectivity index is 2.43. The van der Waals surface area contributed by atoms with E-state index in [1.54, 1.807) is 31.2 Å². The summed E-state index contributed by atoms with van der Waals surface area (Å²) < 4.78 is 14.4. The molecule has 0 aliphatic rings. The van der Waals surface area contributed by atoms with Crippen LogP contribution in [0.4, 0.5) is 10.3 Å². The normalized spacial score (nSPS) is 11.7. The molecule has 3 aromatic rings. The number of nitrogens with zero attached hydrogens (tertiary/aromatic N) is 4. The Kier molecular flexibility index (Phi) is 4.28. The predicted molar refractivity (Wildman–Crippen MR) is 94.9 cm³/mol. The molecule has 0 bridgehead atoms. The molecular formula is C16H15ClFN7. The lowest BCUT2D eigenvalue weighted by Crippen LogP contribution is -2.34. The van der Waals surface area contributed by atoms with E-state index in [9.17, 15) is 4.39 Å². The number of halogens is 2. The number of aromatic nitrogens is 3. The largest absolute Gasteiger partial charge is 0.368 e. The van der Waals surface area contributed by atoms with Crippen molar-refractivity contribution in [3.05, 3.63) is 58.6 Å². The molecular weight excluding hydrogens is 345 g/mol. The maximum Gasteiger partial charge on any atom is 0.221 e. The van der Waals surface area contributed by atoms with Crippen molar-refractivity contribution in [3.63, 3.8) is 0 Å². The zero-order chi connectivity index (χ0) is 18.1. The molecule has 0 saturated carbocycles. The molecule has 0 spiro atoms. The van der Waals surface area contributed by atoms with Crippen LogP contribution in [0, 0.1) is 12.7 Å². The monoisotopic (exact) mass is 359 g/mol. The quantitative estimate of drug-likeness (QED) is 0.366. The number of benzene rings is 1. The Hall–Kier alpha value is -3.13. The molecule has 0 atom stereocenters. The number of nitrogens with two attached hydrogens (primary N) is 3. The first-order valence-electron chi connectivity index (χ1n) is 7.22. The van der Waals surface area contributed by atoms with Crippen LogP contribution in [0.15, 0.2) is 41.5 Å². The Morgan fingerprint density at radius 2 is 1.80 bits per heavy atom. The van der Waals surface area contributed by atoms with Gasteiger partial charge in [0.15, 0.2) is 5.49 Å². The topological polar surface area (TPSA) is 121 Å². The number of pyridine rings is 1. The van der Waals surface area contributed by atoms with Crippen molar-refractivity contribution in [2.75, 3.05) is 11.6 Å². The molecule has 128 valence electrons. The van der Waals surface area contributed by atoms with Crippen molar-refractivity contribution < 1.29 is 4.39 Å². The summed E-state index contributed by atoms with van der Waals surface area (Å²) in [6.07, 6.45) is 0.